The van der Waals surface area contributed by atoms with E-state index in [1.807, 2.05) is 0 Å². The quantitative estimate of drug-likeness (QED) is 0.693. The molecule has 0 radical (unpaired) electrons. The summed E-state index contributed by atoms with van der Waals surface area (Å²) in [7, 11) is 1.50. The number of methoxy groups -OCH3 is 1. The van der Waals surface area contributed by atoms with Crippen molar-refractivity contribution in [1.29, 1.82) is 0 Å². The monoisotopic (exact) mass is 277 g/mol. The van der Waals surface area contributed by atoms with Crippen molar-refractivity contribution in [3.8, 4) is 5.75 Å². The lowest BCUT2D eigenvalue weighted by Gasteiger charge is -2.09. The summed E-state index contributed by atoms with van der Waals surface area (Å²) < 4.78 is 32.6. The largest absolute Gasteiger partial charge is 0.496 e. The number of carbonyl (C=O) groups excluding carboxylic acids is 1. The molecule has 0 aliphatic carbocycles. The molecule has 0 bridgehead atoms. The van der Waals surface area contributed by atoms with Crippen molar-refractivity contribution in [2.45, 2.75) is 6.92 Å². The molecule has 0 saturated carbocycles. The molecule has 0 saturated heterocycles. The highest BCUT2D eigenvalue weighted by Gasteiger charge is 2.21. The molecule has 104 valence electrons. The number of aryl methyl sites for hydroxylation is 1. The van der Waals surface area contributed by atoms with E-state index < -0.39 is 23.0 Å². The molecule has 2 aromatic rings. The summed E-state index contributed by atoms with van der Waals surface area (Å²) in [5, 5.41) is 0. The second kappa shape index (κ2) is 5.28. The van der Waals surface area contributed by atoms with Crippen LogP contribution in [0.3, 0.4) is 0 Å². The Morgan fingerprint density at radius 3 is 2.50 bits per heavy atom. The normalized spacial score (nSPS) is 10.4. The Morgan fingerprint density at radius 2 is 1.90 bits per heavy atom. The van der Waals surface area contributed by atoms with E-state index in [4.69, 9.17) is 10.5 Å². The first kappa shape index (κ1) is 14.0. The SMILES string of the molecule is COc1ccc(C(=O)c2c(F)ccc(N)c2F)cc1C. The van der Waals surface area contributed by atoms with Gasteiger partial charge in [-0.25, -0.2) is 8.78 Å². The summed E-state index contributed by atoms with van der Waals surface area (Å²) in [4.78, 5) is 12.2. The summed E-state index contributed by atoms with van der Waals surface area (Å²) >= 11 is 0. The molecule has 0 spiro atoms. The molecule has 0 aromatic heterocycles. The van der Waals surface area contributed by atoms with E-state index in [2.05, 4.69) is 0 Å². The summed E-state index contributed by atoms with van der Waals surface area (Å²) in [6.07, 6.45) is 0. The third-order valence-corrected chi connectivity index (χ3v) is 3.01. The minimum absolute atomic E-state index is 0.173. The van der Waals surface area contributed by atoms with Crippen LogP contribution in [0.4, 0.5) is 14.5 Å². The van der Waals surface area contributed by atoms with Crippen LogP contribution in [0.5, 0.6) is 5.75 Å². The van der Waals surface area contributed by atoms with Crippen LogP contribution >= 0.6 is 0 Å². The van der Waals surface area contributed by atoms with Gasteiger partial charge in [-0.1, -0.05) is 0 Å². The maximum Gasteiger partial charge on any atom is 0.199 e. The van der Waals surface area contributed by atoms with Crippen molar-refractivity contribution in [2.24, 2.45) is 0 Å². The van der Waals surface area contributed by atoms with Gasteiger partial charge >= 0.3 is 0 Å². The summed E-state index contributed by atoms with van der Waals surface area (Å²) in [6, 6.07) is 6.60. The molecule has 20 heavy (non-hydrogen) atoms. The van der Waals surface area contributed by atoms with Gasteiger partial charge in [0.15, 0.2) is 11.6 Å². The Balaban J connectivity index is 2.52. The second-order valence-corrected chi connectivity index (χ2v) is 4.34. The predicted octanol–water partition coefficient (Wildman–Crippen LogP) is 3.10. The lowest BCUT2D eigenvalue weighted by molar-refractivity contribution is 0.103. The number of rotatable bonds is 3. The predicted molar refractivity (Wildman–Crippen MR) is 71.9 cm³/mol. The van der Waals surface area contributed by atoms with Crippen LogP contribution in [0.1, 0.15) is 21.5 Å². The Labute approximate surface area is 115 Å². The van der Waals surface area contributed by atoms with Gasteiger partial charge in [0.2, 0.25) is 0 Å². The molecular weight excluding hydrogens is 264 g/mol. The van der Waals surface area contributed by atoms with Gasteiger partial charge in [0.05, 0.1) is 18.4 Å². The minimum atomic E-state index is -1.04. The minimum Gasteiger partial charge on any atom is -0.496 e. The average Bonchev–Trinajstić information content (AvgIpc) is 2.43. The zero-order chi connectivity index (χ0) is 14.9. The fourth-order valence-electron chi connectivity index (χ4n) is 1.94. The number of nitrogen functional groups attached to an aromatic ring is 1. The molecule has 5 heteroatoms. The number of ketones is 1. The molecule has 0 fully saturated rings. The van der Waals surface area contributed by atoms with Crippen LogP contribution < -0.4 is 10.5 Å². The van der Waals surface area contributed by atoms with Gasteiger partial charge in [0, 0.05) is 5.56 Å². The van der Waals surface area contributed by atoms with E-state index in [0.717, 1.165) is 12.1 Å². The van der Waals surface area contributed by atoms with E-state index in [9.17, 15) is 13.6 Å². The third-order valence-electron chi connectivity index (χ3n) is 3.01. The highest BCUT2D eigenvalue weighted by molar-refractivity contribution is 6.10. The van der Waals surface area contributed by atoms with Crippen LogP contribution in [0, 0.1) is 18.6 Å². The molecule has 0 unspecified atom stereocenters. The molecule has 2 rings (SSSR count). The van der Waals surface area contributed by atoms with Crippen LogP contribution in [-0.4, -0.2) is 12.9 Å². The zero-order valence-electron chi connectivity index (χ0n) is 11.0. The molecule has 0 heterocycles. The van der Waals surface area contributed by atoms with Crippen LogP contribution in [0.25, 0.3) is 0 Å². The van der Waals surface area contributed by atoms with Crippen LogP contribution in [-0.2, 0) is 0 Å². The molecule has 2 aromatic carbocycles. The van der Waals surface area contributed by atoms with Crippen molar-refractivity contribution in [2.75, 3.05) is 12.8 Å². The first-order chi connectivity index (χ1) is 9.45. The van der Waals surface area contributed by atoms with Gasteiger partial charge < -0.3 is 10.5 Å². The molecule has 3 nitrogen and oxygen atoms in total. The fraction of sp³-hybridized carbons (Fsp3) is 0.133. The summed E-state index contributed by atoms with van der Waals surface area (Å²) in [5.74, 6) is -2.13. The number of hydrogen-bond acceptors (Lipinski definition) is 3. The molecule has 2 N–H and O–H groups in total. The summed E-state index contributed by atoms with van der Waals surface area (Å²) in [6.45, 7) is 1.74. The van der Waals surface area contributed by atoms with Crippen molar-refractivity contribution in [3.05, 3.63) is 58.7 Å². The lowest BCUT2D eigenvalue weighted by Crippen LogP contribution is -2.10. The maximum absolute atomic E-state index is 13.8. The Morgan fingerprint density at radius 1 is 1.20 bits per heavy atom. The highest BCUT2D eigenvalue weighted by atomic mass is 19.1. The van der Waals surface area contributed by atoms with Crippen LogP contribution in [0.2, 0.25) is 0 Å². The Kier molecular flexibility index (Phi) is 3.70. The van der Waals surface area contributed by atoms with Crippen molar-refractivity contribution in [3.63, 3.8) is 0 Å². The Hall–Kier alpha value is -2.43. The average molecular weight is 277 g/mol. The number of benzene rings is 2. The molecule has 0 aliphatic heterocycles. The molecular formula is C15H13F2NO2. The van der Waals surface area contributed by atoms with E-state index >= 15 is 0 Å². The van der Waals surface area contributed by atoms with E-state index in [1.165, 1.54) is 19.2 Å². The maximum atomic E-state index is 13.8. The molecule has 0 atom stereocenters. The highest BCUT2D eigenvalue weighted by Crippen LogP contribution is 2.24. The first-order valence-corrected chi connectivity index (χ1v) is 5.88. The van der Waals surface area contributed by atoms with E-state index in [1.54, 1.807) is 13.0 Å². The van der Waals surface area contributed by atoms with Crippen molar-refractivity contribution < 1.29 is 18.3 Å². The third kappa shape index (κ3) is 2.34. The van der Waals surface area contributed by atoms with Gasteiger partial charge in [-0.15, -0.1) is 0 Å². The number of anilines is 1. The number of carbonyl (C=O) groups is 1. The summed E-state index contributed by atoms with van der Waals surface area (Å²) in [5.41, 5.74) is 5.33. The van der Waals surface area contributed by atoms with E-state index in [-0.39, 0.29) is 11.3 Å². The van der Waals surface area contributed by atoms with Gasteiger partial charge in [-0.2, -0.15) is 0 Å². The second-order valence-electron chi connectivity index (χ2n) is 4.34. The fourth-order valence-corrected chi connectivity index (χ4v) is 1.94. The van der Waals surface area contributed by atoms with Crippen LogP contribution in [0.15, 0.2) is 30.3 Å². The molecule has 0 amide bonds. The molecule has 0 aliphatic rings. The van der Waals surface area contributed by atoms with Crippen molar-refractivity contribution >= 4 is 11.5 Å². The topological polar surface area (TPSA) is 52.3 Å². The van der Waals surface area contributed by atoms with Gasteiger partial charge in [0.25, 0.3) is 0 Å². The zero-order valence-corrected chi connectivity index (χ0v) is 11.0. The van der Waals surface area contributed by atoms with Gasteiger partial charge in [0.1, 0.15) is 11.6 Å². The lowest BCUT2D eigenvalue weighted by atomic mass is 9.99. The standard InChI is InChI=1S/C15H13F2NO2/c1-8-7-9(3-6-12(8)20-2)15(19)13-10(16)4-5-11(18)14(13)17/h3-7H,18H2,1-2H3. The van der Waals surface area contributed by atoms with Crippen molar-refractivity contribution in [1.82, 2.24) is 0 Å². The number of halogens is 2. The Bertz CT molecular complexity index is 684. The smallest absolute Gasteiger partial charge is 0.199 e. The van der Waals surface area contributed by atoms with Gasteiger partial charge in [-0.3, -0.25) is 4.79 Å². The van der Waals surface area contributed by atoms with E-state index in [0.29, 0.717) is 11.3 Å². The van der Waals surface area contributed by atoms with Gasteiger partial charge in [-0.05, 0) is 42.8 Å². The number of ether oxygens (including phenoxy) is 1. The number of hydrogen-bond donors (Lipinski definition) is 1. The number of nitrogens with two attached hydrogens (primary N) is 1. The first-order valence-electron chi connectivity index (χ1n) is 5.88.